The van der Waals surface area contributed by atoms with E-state index < -0.39 is 17.7 Å². The molecule has 6 nitrogen and oxygen atoms in total. The van der Waals surface area contributed by atoms with Crippen LogP contribution in [0.4, 0.5) is 13.2 Å². The van der Waals surface area contributed by atoms with Crippen molar-refractivity contribution in [1.29, 1.82) is 0 Å². The Labute approximate surface area is 187 Å². The molecular weight excluding hydrogens is 449 g/mol. The van der Waals surface area contributed by atoms with Crippen molar-refractivity contribution >= 4 is 17.6 Å². The smallest absolute Gasteiger partial charge is 0.416 e. The van der Waals surface area contributed by atoms with Crippen LogP contribution in [-0.2, 0) is 17.5 Å². The number of aromatic nitrogens is 2. The molecule has 0 aliphatic rings. The van der Waals surface area contributed by atoms with Gasteiger partial charge in [0.05, 0.1) is 42.1 Å². The summed E-state index contributed by atoms with van der Waals surface area (Å²) in [7, 11) is 1.31. The Kier molecular flexibility index (Phi) is 7.29. The van der Waals surface area contributed by atoms with Gasteiger partial charge in [0.2, 0.25) is 5.88 Å². The maximum atomic E-state index is 12.8. The first-order valence-electron chi connectivity index (χ1n) is 9.62. The first-order chi connectivity index (χ1) is 15.2. The van der Waals surface area contributed by atoms with E-state index in [1.807, 2.05) is 6.92 Å². The number of benzene rings is 2. The highest BCUT2D eigenvalue weighted by Gasteiger charge is 2.31. The average molecular weight is 469 g/mol. The Morgan fingerprint density at radius 1 is 1.12 bits per heavy atom. The zero-order chi connectivity index (χ0) is 23.3. The fraction of sp³-hybridized carbons (Fsp3) is 0.273. The molecule has 0 aliphatic heterocycles. The van der Waals surface area contributed by atoms with Gasteiger partial charge in [0.1, 0.15) is 12.4 Å². The summed E-state index contributed by atoms with van der Waals surface area (Å²) in [4.78, 5) is 11.8. The van der Waals surface area contributed by atoms with Crippen LogP contribution in [0.25, 0.3) is 11.3 Å². The van der Waals surface area contributed by atoms with Crippen molar-refractivity contribution < 1.29 is 32.2 Å². The summed E-state index contributed by atoms with van der Waals surface area (Å²) >= 11 is 5.92. The third-order valence-electron chi connectivity index (χ3n) is 4.43. The molecule has 0 bridgehead atoms. The van der Waals surface area contributed by atoms with E-state index in [1.54, 1.807) is 35.0 Å². The van der Waals surface area contributed by atoms with E-state index in [-0.39, 0.29) is 23.9 Å². The van der Waals surface area contributed by atoms with Crippen LogP contribution < -0.4 is 9.47 Å². The standard InChI is InChI=1S/C22H20ClF3N2O4/c1-3-31-20-13-18(14-5-4-6-15(11-14)21(29)30-2)27-28(20)9-10-32-19-8-7-16(12-17(19)23)22(24,25)26/h4-8,11-13H,3,9-10H2,1-2H3. The minimum Gasteiger partial charge on any atom is -0.490 e. The molecule has 1 heterocycles. The van der Waals surface area contributed by atoms with Gasteiger partial charge in [-0.25, -0.2) is 9.48 Å². The van der Waals surface area contributed by atoms with Crippen LogP contribution in [0, 0.1) is 0 Å². The summed E-state index contributed by atoms with van der Waals surface area (Å²) in [5.74, 6) is 0.155. The van der Waals surface area contributed by atoms with Gasteiger partial charge in [0.15, 0.2) is 0 Å². The number of nitrogens with zero attached hydrogens (tertiary/aromatic N) is 2. The fourth-order valence-electron chi connectivity index (χ4n) is 2.92. The Hall–Kier alpha value is -3.20. The van der Waals surface area contributed by atoms with Gasteiger partial charge in [-0.1, -0.05) is 23.7 Å². The Bertz CT molecular complexity index is 1100. The van der Waals surface area contributed by atoms with Crippen molar-refractivity contribution in [2.75, 3.05) is 20.3 Å². The summed E-state index contributed by atoms with van der Waals surface area (Å²) in [5.41, 5.74) is 0.809. The average Bonchev–Trinajstić information content (AvgIpc) is 3.16. The van der Waals surface area contributed by atoms with Crippen molar-refractivity contribution in [3.8, 4) is 22.9 Å². The molecule has 3 aromatic rings. The number of hydrogen-bond donors (Lipinski definition) is 0. The summed E-state index contributed by atoms with van der Waals surface area (Å²) < 4.78 is 55.8. The lowest BCUT2D eigenvalue weighted by Crippen LogP contribution is -2.12. The number of rotatable bonds is 8. The summed E-state index contributed by atoms with van der Waals surface area (Å²) in [5, 5.41) is 4.37. The molecule has 0 radical (unpaired) electrons. The third kappa shape index (κ3) is 5.53. The van der Waals surface area contributed by atoms with E-state index >= 15 is 0 Å². The maximum absolute atomic E-state index is 12.8. The van der Waals surface area contributed by atoms with E-state index in [0.717, 1.165) is 12.1 Å². The van der Waals surface area contributed by atoms with Gasteiger partial charge < -0.3 is 14.2 Å². The molecule has 0 amide bonds. The molecule has 0 saturated carbocycles. The van der Waals surface area contributed by atoms with Crippen LogP contribution in [0.15, 0.2) is 48.5 Å². The molecule has 0 fully saturated rings. The maximum Gasteiger partial charge on any atom is 0.416 e. The first kappa shape index (κ1) is 23.5. The lowest BCUT2D eigenvalue weighted by Gasteiger charge is -2.12. The van der Waals surface area contributed by atoms with Crippen LogP contribution in [0.1, 0.15) is 22.8 Å². The largest absolute Gasteiger partial charge is 0.490 e. The van der Waals surface area contributed by atoms with Crippen LogP contribution >= 0.6 is 11.6 Å². The second kappa shape index (κ2) is 9.95. The van der Waals surface area contributed by atoms with E-state index in [1.165, 1.54) is 13.2 Å². The van der Waals surface area contributed by atoms with E-state index in [2.05, 4.69) is 5.10 Å². The molecule has 0 N–H and O–H groups in total. The van der Waals surface area contributed by atoms with Crippen molar-refractivity contribution in [2.45, 2.75) is 19.6 Å². The van der Waals surface area contributed by atoms with Gasteiger partial charge in [0, 0.05) is 11.6 Å². The highest BCUT2D eigenvalue weighted by Crippen LogP contribution is 2.34. The molecule has 0 atom stereocenters. The van der Waals surface area contributed by atoms with E-state index in [4.69, 9.17) is 25.8 Å². The van der Waals surface area contributed by atoms with Crippen LogP contribution in [-0.4, -0.2) is 36.1 Å². The van der Waals surface area contributed by atoms with Crippen LogP contribution in [0.3, 0.4) is 0 Å². The fourth-order valence-corrected chi connectivity index (χ4v) is 3.16. The number of methoxy groups -OCH3 is 1. The molecule has 0 unspecified atom stereocenters. The SMILES string of the molecule is CCOc1cc(-c2cccc(C(=O)OC)c2)nn1CCOc1ccc(C(F)(F)F)cc1Cl. The Morgan fingerprint density at radius 3 is 2.56 bits per heavy atom. The number of halogens is 4. The lowest BCUT2D eigenvalue weighted by atomic mass is 10.1. The van der Waals surface area contributed by atoms with Gasteiger partial charge in [-0.2, -0.15) is 18.3 Å². The normalized spacial score (nSPS) is 11.3. The van der Waals surface area contributed by atoms with Crippen molar-refractivity contribution in [3.05, 3.63) is 64.7 Å². The molecular formula is C22H20ClF3N2O4. The molecule has 3 rings (SSSR count). The number of carbonyl (C=O) groups is 1. The number of carbonyl (C=O) groups excluding carboxylic acids is 1. The molecule has 0 saturated heterocycles. The van der Waals surface area contributed by atoms with Crippen molar-refractivity contribution in [3.63, 3.8) is 0 Å². The van der Waals surface area contributed by atoms with Gasteiger partial charge >= 0.3 is 12.1 Å². The number of hydrogen-bond acceptors (Lipinski definition) is 5. The topological polar surface area (TPSA) is 62.6 Å². The van der Waals surface area contributed by atoms with Crippen LogP contribution in [0.5, 0.6) is 11.6 Å². The number of alkyl halides is 3. The van der Waals surface area contributed by atoms with Crippen molar-refractivity contribution in [2.24, 2.45) is 0 Å². The predicted molar refractivity (Wildman–Crippen MR) is 112 cm³/mol. The van der Waals surface area contributed by atoms with Crippen molar-refractivity contribution in [1.82, 2.24) is 9.78 Å². The van der Waals surface area contributed by atoms with Gasteiger partial charge in [0.25, 0.3) is 0 Å². The zero-order valence-electron chi connectivity index (χ0n) is 17.3. The van der Waals surface area contributed by atoms with E-state index in [0.29, 0.717) is 29.3 Å². The predicted octanol–water partition coefficient (Wildman–Crippen LogP) is 5.49. The summed E-state index contributed by atoms with van der Waals surface area (Å²) in [6, 6.07) is 11.5. The van der Waals surface area contributed by atoms with Crippen LogP contribution in [0.2, 0.25) is 5.02 Å². The highest BCUT2D eigenvalue weighted by atomic mass is 35.5. The van der Waals surface area contributed by atoms with E-state index in [9.17, 15) is 18.0 Å². The quantitative estimate of drug-likeness (QED) is 0.409. The second-order valence-electron chi connectivity index (χ2n) is 6.59. The molecule has 0 spiro atoms. The monoisotopic (exact) mass is 468 g/mol. The molecule has 10 heteroatoms. The first-order valence-corrected chi connectivity index (χ1v) is 9.99. The molecule has 170 valence electrons. The number of ether oxygens (including phenoxy) is 3. The molecule has 1 aromatic heterocycles. The minimum atomic E-state index is -4.48. The summed E-state index contributed by atoms with van der Waals surface area (Å²) in [6.07, 6.45) is -4.48. The Morgan fingerprint density at radius 2 is 1.91 bits per heavy atom. The Balaban J connectivity index is 1.75. The lowest BCUT2D eigenvalue weighted by molar-refractivity contribution is -0.137. The van der Waals surface area contributed by atoms with Gasteiger partial charge in [-0.05, 0) is 37.3 Å². The molecule has 0 aliphatic carbocycles. The third-order valence-corrected chi connectivity index (χ3v) is 4.73. The number of esters is 1. The highest BCUT2D eigenvalue weighted by molar-refractivity contribution is 6.32. The second-order valence-corrected chi connectivity index (χ2v) is 6.99. The zero-order valence-corrected chi connectivity index (χ0v) is 18.0. The summed E-state index contributed by atoms with van der Waals surface area (Å²) in [6.45, 7) is 2.57. The van der Waals surface area contributed by atoms with Gasteiger partial charge in [-0.3, -0.25) is 0 Å². The molecule has 32 heavy (non-hydrogen) atoms. The minimum absolute atomic E-state index is 0.0917. The molecule has 2 aromatic carbocycles. The van der Waals surface area contributed by atoms with Gasteiger partial charge in [-0.15, -0.1) is 0 Å².